The monoisotopic (exact) mass is 480 g/mol. The molecule has 36 heavy (non-hydrogen) atoms. The van der Waals surface area contributed by atoms with Crippen LogP contribution in [0.5, 0.6) is 5.75 Å². The van der Waals surface area contributed by atoms with Gasteiger partial charge in [0.25, 0.3) is 11.8 Å². The molecule has 0 aromatic heterocycles. The minimum atomic E-state index is -0.192. The summed E-state index contributed by atoms with van der Waals surface area (Å²) >= 11 is 0. The van der Waals surface area contributed by atoms with Gasteiger partial charge in [0.1, 0.15) is 0 Å². The van der Waals surface area contributed by atoms with E-state index >= 15 is 0 Å². The number of aryl methyl sites for hydroxylation is 1. The summed E-state index contributed by atoms with van der Waals surface area (Å²) in [7, 11) is 0. The second-order valence-electron chi connectivity index (χ2n) is 9.92. The third-order valence-electron chi connectivity index (χ3n) is 7.19. The lowest BCUT2D eigenvalue weighted by Gasteiger charge is -2.30. The Morgan fingerprint density at radius 2 is 1.72 bits per heavy atom. The van der Waals surface area contributed by atoms with Crippen LogP contribution < -0.4 is 15.0 Å². The van der Waals surface area contributed by atoms with Crippen LogP contribution in [0.1, 0.15) is 59.7 Å². The van der Waals surface area contributed by atoms with Crippen molar-refractivity contribution in [3.8, 4) is 5.75 Å². The molecule has 5 rings (SSSR count). The standard InChI is InChI=1S/C31H32N2O3/c1-21-11-13-24(14-12-21)20-33-27-9-5-6-10-28(27)36-29(31(33)35)19-23-15-17-25(18-16-23)30(34)32-26-8-4-3-7-22(26)2/h5-6,9-19,22,26H,3-4,7-8,20H2,1-2H3,(H,32,34). The van der Waals surface area contributed by atoms with Crippen LogP contribution >= 0.6 is 0 Å². The summed E-state index contributed by atoms with van der Waals surface area (Å²) < 4.78 is 6.02. The van der Waals surface area contributed by atoms with Gasteiger partial charge in [-0.3, -0.25) is 14.5 Å². The van der Waals surface area contributed by atoms with Crippen molar-refractivity contribution in [3.63, 3.8) is 0 Å². The highest BCUT2D eigenvalue weighted by molar-refractivity contribution is 6.09. The molecule has 1 saturated carbocycles. The van der Waals surface area contributed by atoms with E-state index in [1.54, 1.807) is 23.1 Å². The Bertz CT molecular complexity index is 1280. The first kappa shape index (κ1) is 23.9. The molecule has 1 aliphatic heterocycles. The molecule has 5 nitrogen and oxygen atoms in total. The van der Waals surface area contributed by atoms with Crippen molar-refractivity contribution in [1.29, 1.82) is 0 Å². The van der Waals surface area contributed by atoms with Gasteiger partial charge in [-0.2, -0.15) is 0 Å². The predicted molar refractivity (Wildman–Crippen MR) is 143 cm³/mol. The van der Waals surface area contributed by atoms with E-state index in [0.717, 1.165) is 29.7 Å². The molecule has 3 aromatic carbocycles. The van der Waals surface area contributed by atoms with E-state index in [0.29, 0.717) is 23.8 Å². The molecule has 2 atom stereocenters. The van der Waals surface area contributed by atoms with Crippen LogP contribution in [0.4, 0.5) is 5.69 Å². The molecule has 1 N–H and O–H groups in total. The van der Waals surface area contributed by atoms with Gasteiger partial charge in [-0.15, -0.1) is 0 Å². The molecule has 1 aliphatic carbocycles. The fourth-order valence-corrected chi connectivity index (χ4v) is 4.96. The predicted octanol–water partition coefficient (Wildman–Crippen LogP) is 6.27. The molecule has 0 bridgehead atoms. The minimum Gasteiger partial charge on any atom is -0.449 e. The van der Waals surface area contributed by atoms with E-state index in [-0.39, 0.29) is 23.6 Å². The fraction of sp³-hybridized carbons (Fsp3) is 0.290. The van der Waals surface area contributed by atoms with Gasteiger partial charge in [0.15, 0.2) is 11.5 Å². The average molecular weight is 481 g/mol. The number of hydrogen-bond acceptors (Lipinski definition) is 3. The van der Waals surface area contributed by atoms with Crippen molar-refractivity contribution in [2.24, 2.45) is 5.92 Å². The zero-order valence-electron chi connectivity index (χ0n) is 20.9. The zero-order valence-corrected chi connectivity index (χ0v) is 20.9. The van der Waals surface area contributed by atoms with Gasteiger partial charge in [-0.25, -0.2) is 0 Å². The maximum absolute atomic E-state index is 13.5. The highest BCUT2D eigenvalue weighted by atomic mass is 16.5. The van der Waals surface area contributed by atoms with Gasteiger partial charge in [-0.05, 0) is 67.2 Å². The lowest BCUT2D eigenvalue weighted by molar-refractivity contribution is -0.117. The lowest BCUT2D eigenvalue weighted by Crippen LogP contribution is -2.41. The Balaban J connectivity index is 1.35. The number of anilines is 1. The Hall–Kier alpha value is -3.86. The maximum Gasteiger partial charge on any atom is 0.294 e. The van der Waals surface area contributed by atoms with Crippen molar-refractivity contribution in [3.05, 3.63) is 101 Å². The van der Waals surface area contributed by atoms with E-state index < -0.39 is 0 Å². The number of nitrogens with zero attached hydrogens (tertiary/aromatic N) is 1. The third kappa shape index (κ3) is 5.20. The molecule has 5 heteroatoms. The quantitative estimate of drug-likeness (QED) is 0.438. The molecule has 2 aliphatic rings. The van der Waals surface area contributed by atoms with Crippen molar-refractivity contribution < 1.29 is 14.3 Å². The van der Waals surface area contributed by atoms with Gasteiger partial charge in [0.05, 0.1) is 12.2 Å². The fourth-order valence-electron chi connectivity index (χ4n) is 4.96. The largest absolute Gasteiger partial charge is 0.449 e. The summed E-state index contributed by atoms with van der Waals surface area (Å²) in [6, 6.07) is 23.3. The number of amides is 2. The molecule has 2 unspecified atom stereocenters. The van der Waals surface area contributed by atoms with Crippen molar-refractivity contribution in [2.45, 2.75) is 52.1 Å². The Labute approximate surface area is 212 Å². The minimum absolute atomic E-state index is 0.0452. The smallest absolute Gasteiger partial charge is 0.294 e. The number of nitrogens with one attached hydrogen (secondary N) is 1. The van der Waals surface area contributed by atoms with Crippen LogP contribution in [0.3, 0.4) is 0 Å². The number of benzene rings is 3. The van der Waals surface area contributed by atoms with Gasteiger partial charge < -0.3 is 10.1 Å². The van der Waals surface area contributed by atoms with Gasteiger partial charge >= 0.3 is 0 Å². The van der Waals surface area contributed by atoms with E-state index in [1.165, 1.54) is 18.4 Å². The third-order valence-corrected chi connectivity index (χ3v) is 7.19. The van der Waals surface area contributed by atoms with Gasteiger partial charge in [0.2, 0.25) is 0 Å². The molecule has 1 fully saturated rings. The molecule has 184 valence electrons. The summed E-state index contributed by atoms with van der Waals surface area (Å²) in [6.07, 6.45) is 6.35. The number of ether oxygens (including phenoxy) is 1. The molecule has 1 heterocycles. The van der Waals surface area contributed by atoms with Gasteiger partial charge in [-0.1, -0.05) is 73.9 Å². The topological polar surface area (TPSA) is 58.6 Å². The van der Waals surface area contributed by atoms with Crippen LogP contribution in [0.25, 0.3) is 6.08 Å². The van der Waals surface area contributed by atoms with Crippen LogP contribution in [0.15, 0.2) is 78.6 Å². The Morgan fingerprint density at radius 3 is 2.47 bits per heavy atom. The maximum atomic E-state index is 13.5. The first-order valence-corrected chi connectivity index (χ1v) is 12.7. The summed E-state index contributed by atoms with van der Waals surface area (Å²) in [5.41, 5.74) is 4.41. The summed E-state index contributed by atoms with van der Waals surface area (Å²) in [4.78, 5) is 28.0. The van der Waals surface area contributed by atoms with Gasteiger partial charge in [0, 0.05) is 11.6 Å². The van der Waals surface area contributed by atoms with Crippen molar-refractivity contribution in [2.75, 3.05) is 4.90 Å². The first-order valence-electron chi connectivity index (χ1n) is 12.7. The van der Waals surface area contributed by atoms with Crippen LogP contribution in [0, 0.1) is 12.8 Å². The number of rotatable bonds is 5. The lowest BCUT2D eigenvalue weighted by atomic mass is 9.86. The molecular weight excluding hydrogens is 448 g/mol. The average Bonchev–Trinajstić information content (AvgIpc) is 2.89. The number of carbonyl (C=O) groups excluding carboxylic acids is 2. The molecule has 0 spiro atoms. The van der Waals surface area contributed by atoms with E-state index in [4.69, 9.17) is 4.74 Å². The summed E-state index contributed by atoms with van der Waals surface area (Å²) in [5, 5.41) is 3.20. The van der Waals surface area contributed by atoms with E-state index in [1.807, 2.05) is 55.5 Å². The normalized spacial score (nSPS) is 20.6. The van der Waals surface area contributed by atoms with Crippen LogP contribution in [-0.2, 0) is 11.3 Å². The first-order chi connectivity index (χ1) is 17.5. The number of hydrogen-bond donors (Lipinski definition) is 1. The Kier molecular flexibility index (Phi) is 6.90. The molecule has 3 aromatic rings. The SMILES string of the molecule is Cc1ccc(CN2C(=O)C(=Cc3ccc(C(=O)NC4CCCCC4C)cc3)Oc3ccccc32)cc1. The zero-order chi connectivity index (χ0) is 25.1. The van der Waals surface area contributed by atoms with Crippen LogP contribution in [-0.4, -0.2) is 17.9 Å². The van der Waals surface area contributed by atoms with Crippen LogP contribution in [0.2, 0.25) is 0 Å². The molecule has 2 amide bonds. The number of carbonyl (C=O) groups is 2. The van der Waals surface area contributed by atoms with Crippen molar-refractivity contribution in [1.82, 2.24) is 5.32 Å². The molecular formula is C31H32N2O3. The van der Waals surface area contributed by atoms with E-state index in [9.17, 15) is 9.59 Å². The second kappa shape index (κ2) is 10.4. The second-order valence-corrected chi connectivity index (χ2v) is 9.92. The van der Waals surface area contributed by atoms with Crippen molar-refractivity contribution >= 4 is 23.6 Å². The Morgan fingerprint density at radius 1 is 1.00 bits per heavy atom. The number of para-hydroxylation sites is 2. The summed E-state index contributed by atoms with van der Waals surface area (Å²) in [5.74, 6) is 1.17. The number of fused-ring (bicyclic) bond motifs is 1. The van der Waals surface area contributed by atoms with E-state index in [2.05, 4.69) is 24.4 Å². The highest BCUT2D eigenvalue weighted by Crippen LogP contribution is 2.36. The molecule has 0 radical (unpaired) electrons. The molecule has 0 saturated heterocycles. The summed E-state index contributed by atoms with van der Waals surface area (Å²) in [6.45, 7) is 4.71. The highest BCUT2D eigenvalue weighted by Gasteiger charge is 2.30.